The Morgan fingerprint density at radius 3 is 2.79 bits per heavy atom. The van der Waals surface area contributed by atoms with E-state index >= 15 is 0 Å². The number of likely N-dealkylation sites (tertiary alicyclic amines) is 1. The SMILES string of the molecule is Cc1cncc([C@H]2CCCN2Cc2ccnc(N3CCCC3)n2)n1. The average molecular weight is 324 g/mol. The molecule has 6 nitrogen and oxygen atoms in total. The summed E-state index contributed by atoms with van der Waals surface area (Å²) in [4.78, 5) is 23.0. The highest BCUT2D eigenvalue weighted by Gasteiger charge is 2.28. The van der Waals surface area contributed by atoms with Crippen molar-refractivity contribution in [3.05, 3.63) is 41.7 Å². The maximum absolute atomic E-state index is 4.80. The van der Waals surface area contributed by atoms with E-state index in [0.717, 1.165) is 55.6 Å². The van der Waals surface area contributed by atoms with Crippen LogP contribution in [0.4, 0.5) is 5.95 Å². The number of anilines is 1. The Kier molecular flexibility index (Phi) is 4.38. The van der Waals surface area contributed by atoms with Crippen LogP contribution in [0.25, 0.3) is 0 Å². The second-order valence-electron chi connectivity index (χ2n) is 6.76. The van der Waals surface area contributed by atoms with Crippen molar-refractivity contribution in [1.82, 2.24) is 24.8 Å². The largest absolute Gasteiger partial charge is 0.341 e. The van der Waals surface area contributed by atoms with E-state index in [-0.39, 0.29) is 0 Å². The third-order valence-corrected chi connectivity index (χ3v) is 4.93. The lowest BCUT2D eigenvalue weighted by Gasteiger charge is -2.24. The molecule has 2 saturated heterocycles. The smallest absolute Gasteiger partial charge is 0.225 e. The lowest BCUT2D eigenvalue weighted by molar-refractivity contribution is 0.241. The van der Waals surface area contributed by atoms with Crippen LogP contribution in [-0.2, 0) is 6.54 Å². The van der Waals surface area contributed by atoms with Crippen LogP contribution in [0.3, 0.4) is 0 Å². The fraction of sp³-hybridized carbons (Fsp3) is 0.556. The average Bonchev–Trinajstić information content (AvgIpc) is 3.27. The predicted octanol–water partition coefficient (Wildman–Crippen LogP) is 2.51. The Bertz CT molecular complexity index is 697. The minimum Gasteiger partial charge on any atom is -0.341 e. The second kappa shape index (κ2) is 6.81. The fourth-order valence-electron chi connectivity index (χ4n) is 3.74. The Morgan fingerprint density at radius 1 is 1.08 bits per heavy atom. The van der Waals surface area contributed by atoms with Crippen LogP contribution in [0, 0.1) is 6.92 Å². The summed E-state index contributed by atoms with van der Waals surface area (Å²) >= 11 is 0. The number of hydrogen-bond donors (Lipinski definition) is 0. The minimum absolute atomic E-state index is 0.350. The van der Waals surface area contributed by atoms with Crippen LogP contribution in [0.1, 0.15) is 48.8 Å². The number of aromatic nitrogens is 4. The lowest BCUT2D eigenvalue weighted by Crippen LogP contribution is -2.25. The van der Waals surface area contributed by atoms with Crippen molar-refractivity contribution < 1.29 is 0 Å². The molecule has 24 heavy (non-hydrogen) atoms. The van der Waals surface area contributed by atoms with Gasteiger partial charge in [-0.05, 0) is 45.2 Å². The van der Waals surface area contributed by atoms with Crippen LogP contribution in [0.5, 0.6) is 0 Å². The molecule has 0 amide bonds. The molecular formula is C18H24N6. The zero-order chi connectivity index (χ0) is 16.4. The maximum atomic E-state index is 4.80. The predicted molar refractivity (Wildman–Crippen MR) is 92.6 cm³/mol. The van der Waals surface area contributed by atoms with E-state index in [0.29, 0.717) is 6.04 Å². The van der Waals surface area contributed by atoms with Gasteiger partial charge < -0.3 is 4.90 Å². The third-order valence-electron chi connectivity index (χ3n) is 4.93. The van der Waals surface area contributed by atoms with E-state index in [4.69, 9.17) is 4.98 Å². The van der Waals surface area contributed by atoms with Gasteiger partial charge in [0.2, 0.25) is 5.95 Å². The Hall–Kier alpha value is -2.08. The molecule has 4 heterocycles. The van der Waals surface area contributed by atoms with Gasteiger partial charge in [-0.3, -0.25) is 14.9 Å². The zero-order valence-corrected chi connectivity index (χ0v) is 14.2. The molecule has 1 atom stereocenters. The van der Waals surface area contributed by atoms with Gasteiger partial charge in [-0.15, -0.1) is 0 Å². The Balaban J connectivity index is 1.50. The first-order chi connectivity index (χ1) is 11.8. The highest BCUT2D eigenvalue weighted by Crippen LogP contribution is 2.31. The topological polar surface area (TPSA) is 58.0 Å². The van der Waals surface area contributed by atoms with E-state index in [9.17, 15) is 0 Å². The van der Waals surface area contributed by atoms with Gasteiger partial charge in [0.15, 0.2) is 0 Å². The zero-order valence-electron chi connectivity index (χ0n) is 14.2. The first-order valence-electron chi connectivity index (χ1n) is 8.89. The van der Waals surface area contributed by atoms with Crippen LogP contribution in [0.2, 0.25) is 0 Å². The lowest BCUT2D eigenvalue weighted by atomic mass is 10.1. The highest BCUT2D eigenvalue weighted by atomic mass is 15.3. The molecule has 0 radical (unpaired) electrons. The molecule has 0 saturated carbocycles. The van der Waals surface area contributed by atoms with Gasteiger partial charge in [0.05, 0.1) is 23.1 Å². The summed E-state index contributed by atoms with van der Waals surface area (Å²) in [5.74, 6) is 0.885. The Labute approximate surface area is 143 Å². The molecule has 2 aromatic heterocycles. The summed E-state index contributed by atoms with van der Waals surface area (Å²) < 4.78 is 0. The summed E-state index contributed by atoms with van der Waals surface area (Å²) in [5, 5.41) is 0. The minimum atomic E-state index is 0.350. The van der Waals surface area contributed by atoms with Crippen molar-refractivity contribution in [2.75, 3.05) is 24.5 Å². The van der Waals surface area contributed by atoms with Gasteiger partial charge >= 0.3 is 0 Å². The van der Waals surface area contributed by atoms with Gasteiger partial charge in [-0.2, -0.15) is 0 Å². The third kappa shape index (κ3) is 3.24. The molecule has 2 aliphatic heterocycles. The molecule has 2 fully saturated rings. The molecule has 2 aliphatic rings. The van der Waals surface area contributed by atoms with Gasteiger partial charge in [0.25, 0.3) is 0 Å². The molecule has 0 aliphatic carbocycles. The molecule has 0 aromatic carbocycles. The standard InChI is InChI=1S/C18H24N6/c1-14-11-19-12-16(21-14)17-5-4-10-24(17)13-15-6-7-20-18(22-15)23-8-2-3-9-23/h6-7,11-12,17H,2-5,8-10,13H2,1H3/t17-/m1/s1. The van der Waals surface area contributed by atoms with Crippen molar-refractivity contribution in [3.8, 4) is 0 Å². The van der Waals surface area contributed by atoms with Crippen molar-refractivity contribution >= 4 is 5.95 Å². The van der Waals surface area contributed by atoms with Crippen LogP contribution >= 0.6 is 0 Å². The summed E-state index contributed by atoms with van der Waals surface area (Å²) in [6.07, 6.45) is 10.4. The molecule has 2 aromatic rings. The molecule has 126 valence electrons. The normalized spacial score (nSPS) is 21.5. The van der Waals surface area contributed by atoms with Crippen molar-refractivity contribution in [3.63, 3.8) is 0 Å². The maximum Gasteiger partial charge on any atom is 0.225 e. The number of nitrogens with zero attached hydrogens (tertiary/aromatic N) is 6. The van der Waals surface area contributed by atoms with E-state index < -0.39 is 0 Å². The van der Waals surface area contributed by atoms with Gasteiger partial charge in [0, 0.05) is 38.2 Å². The summed E-state index contributed by atoms with van der Waals surface area (Å²) in [5.41, 5.74) is 3.17. The monoisotopic (exact) mass is 324 g/mol. The first-order valence-corrected chi connectivity index (χ1v) is 8.89. The molecule has 0 bridgehead atoms. The second-order valence-corrected chi connectivity index (χ2v) is 6.76. The summed E-state index contributed by atoms with van der Waals surface area (Å²) in [7, 11) is 0. The molecule has 6 heteroatoms. The summed E-state index contributed by atoms with van der Waals surface area (Å²) in [6, 6.07) is 2.39. The molecule has 0 unspecified atom stereocenters. The van der Waals surface area contributed by atoms with Gasteiger partial charge in [-0.1, -0.05) is 0 Å². The van der Waals surface area contributed by atoms with E-state index in [1.165, 1.54) is 19.3 Å². The van der Waals surface area contributed by atoms with E-state index in [1.807, 2.05) is 31.6 Å². The number of hydrogen-bond acceptors (Lipinski definition) is 6. The van der Waals surface area contributed by atoms with Crippen LogP contribution < -0.4 is 4.90 Å². The highest BCUT2D eigenvalue weighted by molar-refractivity contribution is 5.31. The van der Waals surface area contributed by atoms with Crippen LogP contribution in [-0.4, -0.2) is 44.5 Å². The van der Waals surface area contributed by atoms with Crippen molar-refractivity contribution in [2.24, 2.45) is 0 Å². The summed E-state index contributed by atoms with van der Waals surface area (Å²) in [6.45, 7) is 6.10. The molecule has 4 rings (SSSR count). The van der Waals surface area contributed by atoms with Crippen molar-refractivity contribution in [1.29, 1.82) is 0 Å². The van der Waals surface area contributed by atoms with E-state index in [2.05, 4.69) is 24.8 Å². The Morgan fingerprint density at radius 2 is 1.96 bits per heavy atom. The van der Waals surface area contributed by atoms with Gasteiger partial charge in [0.1, 0.15) is 0 Å². The van der Waals surface area contributed by atoms with Crippen molar-refractivity contribution in [2.45, 2.75) is 45.2 Å². The number of aryl methyl sites for hydroxylation is 1. The number of rotatable bonds is 4. The fourth-order valence-corrected chi connectivity index (χ4v) is 3.74. The molecule has 0 spiro atoms. The molecule has 0 N–H and O–H groups in total. The molecular weight excluding hydrogens is 300 g/mol. The van der Waals surface area contributed by atoms with Gasteiger partial charge in [-0.25, -0.2) is 9.97 Å². The quantitative estimate of drug-likeness (QED) is 0.861. The first kappa shape index (κ1) is 15.4. The van der Waals surface area contributed by atoms with Crippen LogP contribution in [0.15, 0.2) is 24.7 Å². The van der Waals surface area contributed by atoms with E-state index in [1.54, 1.807) is 0 Å².